The molecule has 0 unspecified atom stereocenters. The van der Waals surface area contributed by atoms with Gasteiger partial charge in [0.15, 0.2) is 6.61 Å². The van der Waals surface area contributed by atoms with Crippen LogP contribution >= 0.6 is 0 Å². The predicted molar refractivity (Wildman–Crippen MR) is 66.6 cm³/mol. The number of ether oxygens (including phenoxy) is 2. The molecule has 0 aromatic heterocycles. The average Bonchev–Trinajstić information content (AvgIpc) is 2.32. The van der Waals surface area contributed by atoms with E-state index in [4.69, 9.17) is 9.84 Å². The maximum absolute atomic E-state index is 11.4. The lowest BCUT2D eigenvalue weighted by molar-refractivity contribution is -0.149. The molecular formula is C12H19NO7. The minimum absolute atomic E-state index is 0.140. The quantitative estimate of drug-likeness (QED) is 0.589. The summed E-state index contributed by atoms with van der Waals surface area (Å²) in [7, 11) is 0. The number of carboxylic acid groups (broad SMARTS) is 1. The molecule has 0 fully saturated rings. The van der Waals surface area contributed by atoms with Crippen molar-refractivity contribution in [3.63, 3.8) is 0 Å². The Labute approximate surface area is 116 Å². The van der Waals surface area contributed by atoms with Crippen LogP contribution in [0.4, 0.5) is 0 Å². The highest BCUT2D eigenvalue weighted by molar-refractivity contribution is 5.86. The Morgan fingerprint density at radius 1 is 1.20 bits per heavy atom. The van der Waals surface area contributed by atoms with E-state index in [2.05, 4.69) is 10.1 Å². The molecule has 0 radical (unpaired) electrons. The Bertz CT molecular complexity index is 380. The Balaban J connectivity index is 4.48. The normalized spacial score (nSPS) is 12.9. The number of carboxylic acids is 1. The fourth-order valence-electron chi connectivity index (χ4n) is 1.43. The van der Waals surface area contributed by atoms with E-state index in [1.54, 1.807) is 6.92 Å². The fraction of sp³-hybridized carbons (Fsp3) is 0.667. The van der Waals surface area contributed by atoms with Gasteiger partial charge >= 0.3 is 17.9 Å². The van der Waals surface area contributed by atoms with Crippen molar-refractivity contribution < 1.29 is 33.8 Å². The maximum atomic E-state index is 11.4. The molecule has 1 amide bonds. The van der Waals surface area contributed by atoms with E-state index in [-0.39, 0.29) is 13.0 Å². The molecule has 2 N–H and O–H groups in total. The van der Waals surface area contributed by atoms with E-state index in [1.807, 2.05) is 0 Å². The molecule has 0 aliphatic carbocycles. The van der Waals surface area contributed by atoms with Crippen LogP contribution in [0, 0.1) is 5.92 Å². The number of aliphatic carboxylic acids is 1. The lowest BCUT2D eigenvalue weighted by Crippen LogP contribution is -2.47. The van der Waals surface area contributed by atoms with Gasteiger partial charge in [0, 0.05) is 6.92 Å². The molecule has 8 nitrogen and oxygen atoms in total. The smallest absolute Gasteiger partial charge is 0.326 e. The van der Waals surface area contributed by atoms with Crippen molar-refractivity contribution in [3.05, 3.63) is 0 Å². The topological polar surface area (TPSA) is 119 Å². The van der Waals surface area contributed by atoms with Crippen molar-refractivity contribution in [1.29, 1.82) is 0 Å². The van der Waals surface area contributed by atoms with E-state index < -0.39 is 42.4 Å². The highest BCUT2D eigenvalue weighted by atomic mass is 16.5. The molecule has 0 saturated carbocycles. The summed E-state index contributed by atoms with van der Waals surface area (Å²) in [4.78, 5) is 44.3. The molecule has 0 aliphatic rings. The van der Waals surface area contributed by atoms with Crippen molar-refractivity contribution in [2.45, 2.75) is 33.2 Å². The van der Waals surface area contributed by atoms with Gasteiger partial charge in [-0.15, -0.1) is 0 Å². The molecule has 0 spiro atoms. The minimum Gasteiger partial charge on any atom is -0.480 e. The Kier molecular flexibility index (Phi) is 7.95. The Morgan fingerprint density at radius 3 is 2.25 bits per heavy atom. The van der Waals surface area contributed by atoms with Crippen molar-refractivity contribution in [3.8, 4) is 0 Å². The summed E-state index contributed by atoms with van der Waals surface area (Å²) in [6.07, 6.45) is -0.140. The second kappa shape index (κ2) is 8.89. The molecule has 114 valence electrons. The van der Waals surface area contributed by atoms with Crippen LogP contribution < -0.4 is 5.32 Å². The number of rotatable bonds is 8. The number of amides is 1. The monoisotopic (exact) mass is 289 g/mol. The maximum Gasteiger partial charge on any atom is 0.326 e. The first kappa shape index (κ1) is 17.9. The summed E-state index contributed by atoms with van der Waals surface area (Å²) in [5, 5.41) is 11.2. The third-order valence-electron chi connectivity index (χ3n) is 2.35. The van der Waals surface area contributed by atoms with Crippen LogP contribution in [0.5, 0.6) is 0 Å². The zero-order valence-electron chi connectivity index (χ0n) is 11.7. The first-order valence-corrected chi connectivity index (χ1v) is 6.09. The fourth-order valence-corrected chi connectivity index (χ4v) is 1.43. The summed E-state index contributed by atoms with van der Waals surface area (Å²) in [5.41, 5.74) is 0. The second-order valence-corrected chi connectivity index (χ2v) is 4.15. The molecule has 0 bridgehead atoms. The van der Waals surface area contributed by atoms with Gasteiger partial charge in [-0.05, 0) is 12.8 Å². The lowest BCUT2D eigenvalue weighted by atomic mass is 9.98. The summed E-state index contributed by atoms with van der Waals surface area (Å²) < 4.78 is 9.16. The largest absolute Gasteiger partial charge is 0.480 e. The molecule has 0 saturated heterocycles. The second-order valence-electron chi connectivity index (χ2n) is 4.15. The number of carbonyl (C=O) groups excluding carboxylic acids is 3. The SMILES string of the molecule is CCOC(=O)C[C@@H](C)[C@H](NC(=O)COC(C)=O)C(=O)O. The van der Waals surface area contributed by atoms with Crippen LogP contribution in [0.25, 0.3) is 0 Å². The van der Waals surface area contributed by atoms with Crippen molar-refractivity contribution in [2.24, 2.45) is 5.92 Å². The molecule has 0 aliphatic heterocycles. The highest BCUT2D eigenvalue weighted by Crippen LogP contribution is 2.10. The van der Waals surface area contributed by atoms with E-state index in [9.17, 15) is 19.2 Å². The van der Waals surface area contributed by atoms with E-state index in [1.165, 1.54) is 6.92 Å². The van der Waals surface area contributed by atoms with Crippen LogP contribution in [0.15, 0.2) is 0 Å². The van der Waals surface area contributed by atoms with Gasteiger partial charge in [0.1, 0.15) is 6.04 Å². The van der Waals surface area contributed by atoms with Gasteiger partial charge in [-0.25, -0.2) is 4.79 Å². The third-order valence-corrected chi connectivity index (χ3v) is 2.35. The van der Waals surface area contributed by atoms with E-state index >= 15 is 0 Å². The number of hydrogen-bond acceptors (Lipinski definition) is 6. The first-order chi connectivity index (χ1) is 9.27. The number of carbonyl (C=O) groups is 4. The summed E-state index contributed by atoms with van der Waals surface area (Å²) in [5.74, 6) is -3.87. The Morgan fingerprint density at radius 2 is 1.80 bits per heavy atom. The standard InChI is InChI=1S/C12H19NO7/c1-4-19-10(16)5-7(2)11(12(17)18)13-9(15)6-20-8(3)14/h7,11H,4-6H2,1-3H3,(H,13,15)(H,17,18)/t7-,11+/m1/s1. The molecule has 0 aromatic rings. The van der Waals surface area contributed by atoms with Crippen LogP contribution in [0.3, 0.4) is 0 Å². The summed E-state index contributed by atoms with van der Waals surface area (Å²) in [6.45, 7) is 3.90. The highest BCUT2D eigenvalue weighted by Gasteiger charge is 2.28. The van der Waals surface area contributed by atoms with Gasteiger partial charge in [-0.1, -0.05) is 6.92 Å². The number of nitrogens with one attached hydrogen (secondary N) is 1. The molecule has 20 heavy (non-hydrogen) atoms. The zero-order valence-corrected chi connectivity index (χ0v) is 11.7. The van der Waals surface area contributed by atoms with Gasteiger partial charge in [0.25, 0.3) is 5.91 Å². The lowest BCUT2D eigenvalue weighted by Gasteiger charge is -2.20. The molecule has 0 rings (SSSR count). The van der Waals surface area contributed by atoms with Gasteiger partial charge in [0.2, 0.25) is 0 Å². The third kappa shape index (κ3) is 7.34. The average molecular weight is 289 g/mol. The summed E-state index contributed by atoms with van der Waals surface area (Å²) >= 11 is 0. The van der Waals surface area contributed by atoms with E-state index in [0.29, 0.717) is 0 Å². The number of esters is 2. The van der Waals surface area contributed by atoms with E-state index in [0.717, 1.165) is 6.92 Å². The molecule has 0 aromatic carbocycles. The van der Waals surface area contributed by atoms with Crippen LogP contribution in [0.1, 0.15) is 27.2 Å². The zero-order chi connectivity index (χ0) is 15.7. The van der Waals surface area contributed by atoms with Crippen molar-refractivity contribution >= 4 is 23.8 Å². The van der Waals surface area contributed by atoms with Gasteiger partial charge in [-0.2, -0.15) is 0 Å². The van der Waals surface area contributed by atoms with Gasteiger partial charge in [0.05, 0.1) is 13.0 Å². The van der Waals surface area contributed by atoms with Gasteiger partial charge < -0.3 is 19.9 Å². The van der Waals surface area contributed by atoms with Gasteiger partial charge in [-0.3, -0.25) is 14.4 Å². The van der Waals surface area contributed by atoms with Crippen molar-refractivity contribution in [2.75, 3.05) is 13.2 Å². The van der Waals surface area contributed by atoms with Crippen molar-refractivity contribution in [1.82, 2.24) is 5.32 Å². The molecule has 2 atom stereocenters. The summed E-state index contributed by atoms with van der Waals surface area (Å²) in [6, 6.07) is -1.26. The molecular weight excluding hydrogens is 270 g/mol. The van der Waals surface area contributed by atoms with Crippen LogP contribution in [0.2, 0.25) is 0 Å². The predicted octanol–water partition coefficient (Wildman–Crippen LogP) is -0.292. The Hall–Kier alpha value is -2.12. The molecule has 8 heteroatoms. The first-order valence-electron chi connectivity index (χ1n) is 6.09. The minimum atomic E-state index is -1.28. The number of hydrogen-bond donors (Lipinski definition) is 2. The van der Waals surface area contributed by atoms with Crippen LogP contribution in [-0.2, 0) is 28.7 Å². The van der Waals surface area contributed by atoms with Crippen LogP contribution in [-0.4, -0.2) is 48.2 Å². The molecule has 0 heterocycles.